The molecule has 0 aliphatic carbocycles. The zero-order valence-electron chi connectivity index (χ0n) is 14.5. The van der Waals surface area contributed by atoms with Gasteiger partial charge in [-0.25, -0.2) is 0 Å². The van der Waals surface area contributed by atoms with E-state index in [0.717, 1.165) is 21.8 Å². The third kappa shape index (κ3) is 4.23. The van der Waals surface area contributed by atoms with Gasteiger partial charge >= 0.3 is 0 Å². The highest BCUT2D eigenvalue weighted by Crippen LogP contribution is 2.34. The molecule has 2 aromatic carbocycles. The molecule has 0 unspecified atom stereocenters. The standard InChI is InChI=1S/C20H22N2O2S/c1-14-9-10-16(12-15(14)2)21-19(23)8-5-11-22-17-6-3-4-7-18(17)25-13-20(22)24/h3-4,6-7,9-10,12H,5,8,11,13H2,1-2H3,(H,21,23). The van der Waals surface area contributed by atoms with Gasteiger partial charge in [-0.15, -0.1) is 11.8 Å². The lowest BCUT2D eigenvalue weighted by Gasteiger charge is -2.28. The van der Waals surface area contributed by atoms with Gasteiger partial charge in [-0.3, -0.25) is 9.59 Å². The predicted octanol–water partition coefficient (Wildman–Crippen LogP) is 4.16. The Morgan fingerprint density at radius 3 is 2.76 bits per heavy atom. The van der Waals surface area contributed by atoms with E-state index in [1.807, 2.05) is 56.3 Å². The number of para-hydroxylation sites is 1. The summed E-state index contributed by atoms with van der Waals surface area (Å²) >= 11 is 1.57. The Morgan fingerprint density at radius 2 is 1.96 bits per heavy atom. The van der Waals surface area contributed by atoms with Crippen molar-refractivity contribution < 1.29 is 9.59 Å². The third-order valence-electron chi connectivity index (χ3n) is 4.38. The van der Waals surface area contributed by atoms with Crippen LogP contribution in [0.3, 0.4) is 0 Å². The first-order valence-corrected chi connectivity index (χ1v) is 9.42. The van der Waals surface area contributed by atoms with Crippen molar-refractivity contribution in [1.29, 1.82) is 0 Å². The summed E-state index contributed by atoms with van der Waals surface area (Å²) in [6.07, 6.45) is 1.04. The smallest absolute Gasteiger partial charge is 0.237 e. The van der Waals surface area contributed by atoms with Gasteiger partial charge in [0, 0.05) is 23.5 Å². The first-order valence-electron chi connectivity index (χ1n) is 8.44. The molecular formula is C20H22N2O2S. The molecule has 0 spiro atoms. The lowest BCUT2D eigenvalue weighted by Crippen LogP contribution is -2.36. The molecule has 0 saturated heterocycles. The van der Waals surface area contributed by atoms with Gasteiger partial charge in [0.2, 0.25) is 11.8 Å². The fourth-order valence-corrected chi connectivity index (χ4v) is 3.78. The van der Waals surface area contributed by atoms with E-state index in [9.17, 15) is 9.59 Å². The molecule has 1 heterocycles. The number of hydrogen-bond acceptors (Lipinski definition) is 3. The van der Waals surface area contributed by atoms with Crippen LogP contribution in [0.5, 0.6) is 0 Å². The first-order chi connectivity index (χ1) is 12.0. The van der Waals surface area contributed by atoms with Crippen LogP contribution in [-0.4, -0.2) is 24.1 Å². The second-order valence-electron chi connectivity index (χ2n) is 6.25. The molecule has 1 aliphatic rings. The number of anilines is 2. The molecule has 25 heavy (non-hydrogen) atoms. The van der Waals surface area contributed by atoms with Crippen molar-refractivity contribution >= 4 is 35.0 Å². The average molecular weight is 354 g/mol. The minimum Gasteiger partial charge on any atom is -0.326 e. The Morgan fingerprint density at radius 1 is 1.16 bits per heavy atom. The van der Waals surface area contributed by atoms with Crippen molar-refractivity contribution in [3.63, 3.8) is 0 Å². The Labute approximate surface area is 152 Å². The number of thioether (sulfide) groups is 1. The number of hydrogen-bond donors (Lipinski definition) is 1. The summed E-state index contributed by atoms with van der Waals surface area (Å²) in [5.74, 6) is 0.555. The number of aryl methyl sites for hydroxylation is 2. The van der Waals surface area contributed by atoms with Gasteiger partial charge in [0.15, 0.2) is 0 Å². The van der Waals surface area contributed by atoms with E-state index >= 15 is 0 Å². The number of nitrogens with zero attached hydrogens (tertiary/aromatic N) is 1. The van der Waals surface area contributed by atoms with Crippen LogP contribution < -0.4 is 10.2 Å². The van der Waals surface area contributed by atoms with Crippen molar-refractivity contribution in [3.05, 3.63) is 53.6 Å². The quantitative estimate of drug-likeness (QED) is 0.877. The van der Waals surface area contributed by atoms with Gasteiger partial charge in [0.25, 0.3) is 0 Å². The van der Waals surface area contributed by atoms with Crippen LogP contribution in [0.15, 0.2) is 47.4 Å². The topological polar surface area (TPSA) is 49.4 Å². The van der Waals surface area contributed by atoms with Crippen molar-refractivity contribution in [2.24, 2.45) is 0 Å². The maximum absolute atomic E-state index is 12.2. The van der Waals surface area contributed by atoms with Crippen LogP contribution in [0.25, 0.3) is 0 Å². The first kappa shape index (κ1) is 17.5. The molecule has 0 aromatic heterocycles. The Bertz CT molecular complexity index is 804. The molecule has 2 aromatic rings. The van der Waals surface area contributed by atoms with Gasteiger partial charge in [0.1, 0.15) is 0 Å². The van der Waals surface area contributed by atoms with Crippen LogP contribution in [0.4, 0.5) is 11.4 Å². The van der Waals surface area contributed by atoms with E-state index in [0.29, 0.717) is 25.1 Å². The van der Waals surface area contributed by atoms with E-state index in [-0.39, 0.29) is 11.8 Å². The van der Waals surface area contributed by atoms with Gasteiger partial charge in [-0.05, 0) is 55.7 Å². The lowest BCUT2D eigenvalue weighted by molar-refractivity contribution is -0.117. The zero-order valence-corrected chi connectivity index (χ0v) is 15.4. The van der Waals surface area contributed by atoms with Crippen molar-refractivity contribution in [3.8, 4) is 0 Å². The maximum atomic E-state index is 12.2. The normalized spacial score (nSPS) is 13.5. The second kappa shape index (κ2) is 7.74. The molecule has 0 bridgehead atoms. The summed E-state index contributed by atoms with van der Waals surface area (Å²) in [5.41, 5.74) is 4.14. The number of benzene rings is 2. The van der Waals surface area contributed by atoms with Gasteiger partial charge in [-0.1, -0.05) is 18.2 Å². The molecule has 3 rings (SSSR count). The van der Waals surface area contributed by atoms with E-state index in [1.54, 1.807) is 16.7 Å². The molecule has 0 fully saturated rings. The Balaban J connectivity index is 1.55. The van der Waals surface area contributed by atoms with Crippen LogP contribution in [-0.2, 0) is 9.59 Å². The van der Waals surface area contributed by atoms with E-state index in [4.69, 9.17) is 0 Å². The summed E-state index contributed by atoms with van der Waals surface area (Å²) in [7, 11) is 0. The molecule has 5 heteroatoms. The fourth-order valence-electron chi connectivity index (χ4n) is 2.84. The van der Waals surface area contributed by atoms with Crippen molar-refractivity contribution in [1.82, 2.24) is 0 Å². The fraction of sp³-hybridized carbons (Fsp3) is 0.300. The van der Waals surface area contributed by atoms with Crippen LogP contribution in [0.2, 0.25) is 0 Å². The number of carbonyl (C=O) groups is 2. The van der Waals surface area contributed by atoms with E-state index in [1.165, 1.54) is 5.56 Å². The number of carbonyl (C=O) groups excluding carboxylic acids is 2. The Hall–Kier alpha value is -2.27. The minimum atomic E-state index is -0.0182. The minimum absolute atomic E-state index is 0.0182. The summed E-state index contributed by atoms with van der Waals surface area (Å²) in [5, 5.41) is 2.93. The second-order valence-corrected chi connectivity index (χ2v) is 7.27. The molecule has 0 saturated carbocycles. The summed E-state index contributed by atoms with van der Waals surface area (Å²) < 4.78 is 0. The zero-order chi connectivity index (χ0) is 17.8. The molecule has 0 radical (unpaired) electrons. The highest BCUT2D eigenvalue weighted by atomic mass is 32.2. The van der Waals surface area contributed by atoms with Crippen LogP contribution in [0.1, 0.15) is 24.0 Å². The van der Waals surface area contributed by atoms with E-state index in [2.05, 4.69) is 5.32 Å². The Kier molecular flexibility index (Phi) is 5.43. The summed E-state index contributed by atoms with van der Waals surface area (Å²) in [6, 6.07) is 13.8. The highest BCUT2D eigenvalue weighted by molar-refractivity contribution is 8.00. The van der Waals surface area contributed by atoms with Crippen LogP contribution in [0, 0.1) is 13.8 Å². The van der Waals surface area contributed by atoms with Crippen LogP contribution >= 0.6 is 11.8 Å². The number of amides is 2. The molecule has 0 atom stereocenters. The van der Waals surface area contributed by atoms with Gasteiger partial charge in [0.05, 0.1) is 11.4 Å². The monoisotopic (exact) mass is 354 g/mol. The molecule has 1 aliphatic heterocycles. The average Bonchev–Trinajstić information content (AvgIpc) is 2.60. The SMILES string of the molecule is Cc1ccc(NC(=O)CCCN2C(=O)CSc3ccccc32)cc1C. The molecule has 130 valence electrons. The van der Waals surface area contributed by atoms with Gasteiger partial charge < -0.3 is 10.2 Å². The largest absolute Gasteiger partial charge is 0.326 e. The molecule has 4 nitrogen and oxygen atoms in total. The molecular weight excluding hydrogens is 332 g/mol. The molecule has 2 amide bonds. The van der Waals surface area contributed by atoms with Gasteiger partial charge in [-0.2, -0.15) is 0 Å². The third-order valence-corrected chi connectivity index (χ3v) is 5.43. The number of rotatable bonds is 5. The maximum Gasteiger partial charge on any atom is 0.237 e. The number of nitrogens with one attached hydrogen (secondary N) is 1. The molecule has 1 N–H and O–H groups in total. The highest BCUT2D eigenvalue weighted by Gasteiger charge is 2.23. The van der Waals surface area contributed by atoms with Crippen molar-refractivity contribution in [2.75, 3.05) is 22.5 Å². The lowest BCUT2D eigenvalue weighted by atomic mass is 10.1. The number of fused-ring (bicyclic) bond motifs is 1. The van der Waals surface area contributed by atoms with Crippen molar-refractivity contribution in [2.45, 2.75) is 31.6 Å². The summed E-state index contributed by atoms with van der Waals surface area (Å²) in [6.45, 7) is 4.64. The predicted molar refractivity (Wildman–Crippen MR) is 103 cm³/mol. The van der Waals surface area contributed by atoms with E-state index < -0.39 is 0 Å². The summed E-state index contributed by atoms with van der Waals surface area (Å²) in [4.78, 5) is 27.3.